The molecule has 3 N–H and O–H groups in total. The van der Waals surface area contributed by atoms with E-state index in [-0.39, 0.29) is 19.1 Å². The van der Waals surface area contributed by atoms with Crippen LogP contribution in [0.15, 0.2) is 29.3 Å². The summed E-state index contributed by atoms with van der Waals surface area (Å²) in [5.41, 5.74) is 0.0300. The number of halogens is 3. The summed E-state index contributed by atoms with van der Waals surface area (Å²) in [6.45, 7) is 5.41. The van der Waals surface area contributed by atoms with E-state index in [0.29, 0.717) is 24.6 Å². The summed E-state index contributed by atoms with van der Waals surface area (Å²) in [5.74, 6) is 0.664. The molecule has 0 radical (unpaired) electrons. The molecule has 1 atom stereocenters. The van der Waals surface area contributed by atoms with E-state index in [9.17, 15) is 13.2 Å². The first-order valence-electron chi connectivity index (χ1n) is 7.16. The highest BCUT2D eigenvalue weighted by molar-refractivity contribution is 5.79. The number of aliphatic imine (C=N–C) groups is 1. The van der Waals surface area contributed by atoms with Gasteiger partial charge in [-0.15, -0.1) is 0 Å². The average molecular weight is 317 g/mol. The molecule has 1 aromatic rings. The van der Waals surface area contributed by atoms with Gasteiger partial charge in [-0.05, 0) is 30.5 Å². The van der Waals surface area contributed by atoms with Crippen LogP contribution < -0.4 is 10.6 Å². The Labute approximate surface area is 128 Å². The topological polar surface area (TPSA) is 56.7 Å². The van der Waals surface area contributed by atoms with Crippen LogP contribution in [0.3, 0.4) is 0 Å². The first-order chi connectivity index (χ1) is 10.4. The normalized spacial score (nSPS) is 13.8. The van der Waals surface area contributed by atoms with Gasteiger partial charge in [0.15, 0.2) is 5.96 Å². The average Bonchev–Trinajstić information content (AvgIpc) is 2.49. The van der Waals surface area contributed by atoms with Crippen LogP contribution in [0.1, 0.15) is 25.0 Å². The lowest BCUT2D eigenvalue weighted by molar-refractivity contribution is -0.137. The largest absolute Gasteiger partial charge is 0.416 e. The third-order valence-electron chi connectivity index (χ3n) is 2.97. The quantitative estimate of drug-likeness (QED) is 0.558. The van der Waals surface area contributed by atoms with Crippen molar-refractivity contribution in [3.8, 4) is 0 Å². The number of aliphatic hydroxyl groups excluding tert-OH is 1. The molecule has 1 unspecified atom stereocenters. The molecule has 0 aliphatic carbocycles. The van der Waals surface area contributed by atoms with Crippen molar-refractivity contribution in [2.75, 3.05) is 19.7 Å². The van der Waals surface area contributed by atoms with Gasteiger partial charge in [0.25, 0.3) is 0 Å². The fourth-order valence-corrected chi connectivity index (χ4v) is 1.65. The highest BCUT2D eigenvalue weighted by atomic mass is 19.4. The zero-order valence-electron chi connectivity index (χ0n) is 12.7. The monoisotopic (exact) mass is 317 g/mol. The molecule has 0 aromatic heterocycles. The van der Waals surface area contributed by atoms with Gasteiger partial charge in [0.1, 0.15) is 0 Å². The van der Waals surface area contributed by atoms with E-state index in [2.05, 4.69) is 15.6 Å². The van der Waals surface area contributed by atoms with Gasteiger partial charge in [-0.1, -0.05) is 19.1 Å². The molecule has 0 amide bonds. The summed E-state index contributed by atoms with van der Waals surface area (Å²) in [6, 6.07) is 4.95. The van der Waals surface area contributed by atoms with Crippen LogP contribution in [0, 0.1) is 5.92 Å². The van der Waals surface area contributed by atoms with Crippen LogP contribution >= 0.6 is 0 Å². The van der Waals surface area contributed by atoms with Crippen molar-refractivity contribution in [2.45, 2.75) is 26.6 Å². The summed E-state index contributed by atoms with van der Waals surface area (Å²) < 4.78 is 37.4. The zero-order valence-corrected chi connectivity index (χ0v) is 12.7. The van der Waals surface area contributed by atoms with Crippen molar-refractivity contribution >= 4 is 5.96 Å². The number of hydrogen-bond donors (Lipinski definition) is 3. The van der Waals surface area contributed by atoms with Crippen molar-refractivity contribution in [1.29, 1.82) is 0 Å². The van der Waals surface area contributed by atoms with Gasteiger partial charge < -0.3 is 15.7 Å². The molecule has 1 aromatic carbocycles. The summed E-state index contributed by atoms with van der Waals surface area (Å²) in [5, 5.41) is 15.1. The van der Waals surface area contributed by atoms with Gasteiger partial charge in [-0.2, -0.15) is 13.2 Å². The predicted octanol–water partition coefficient (Wildman–Crippen LogP) is 2.39. The Morgan fingerprint density at radius 1 is 1.23 bits per heavy atom. The minimum absolute atomic E-state index is 0.0747. The first-order valence-corrected chi connectivity index (χ1v) is 7.16. The van der Waals surface area contributed by atoms with E-state index in [1.165, 1.54) is 12.1 Å². The van der Waals surface area contributed by atoms with Gasteiger partial charge in [-0.25, -0.2) is 4.99 Å². The summed E-state index contributed by atoms with van der Waals surface area (Å²) >= 11 is 0. The Bertz CT molecular complexity index is 472. The molecule has 0 spiro atoms. The lowest BCUT2D eigenvalue weighted by Crippen LogP contribution is -2.39. The standard InChI is InChI=1S/C15H22F3N3O/c1-3-19-14(20-8-11(2)10-22)21-9-12-4-6-13(7-5-12)15(16,17)18/h4-7,11,22H,3,8-10H2,1-2H3,(H2,19,20,21). The molecular formula is C15H22F3N3O. The van der Waals surface area contributed by atoms with Crippen molar-refractivity contribution in [3.05, 3.63) is 35.4 Å². The molecule has 0 saturated heterocycles. The van der Waals surface area contributed by atoms with Crippen LogP contribution in [0.2, 0.25) is 0 Å². The van der Waals surface area contributed by atoms with Crippen molar-refractivity contribution in [1.82, 2.24) is 10.6 Å². The first kappa shape index (κ1) is 18.3. The number of nitrogens with one attached hydrogen (secondary N) is 2. The van der Waals surface area contributed by atoms with Crippen molar-refractivity contribution in [2.24, 2.45) is 10.9 Å². The number of aliphatic hydroxyl groups is 1. The maximum atomic E-state index is 12.5. The number of hydrogen-bond acceptors (Lipinski definition) is 2. The number of benzene rings is 1. The Hall–Kier alpha value is -1.76. The molecule has 0 saturated carbocycles. The van der Waals surface area contributed by atoms with Gasteiger partial charge in [0.05, 0.1) is 12.1 Å². The number of guanidine groups is 1. The molecule has 0 aliphatic heterocycles. The zero-order chi connectivity index (χ0) is 16.6. The van der Waals surface area contributed by atoms with E-state index >= 15 is 0 Å². The molecule has 0 aliphatic rings. The van der Waals surface area contributed by atoms with E-state index in [1.54, 1.807) is 0 Å². The second-order valence-electron chi connectivity index (χ2n) is 5.06. The fraction of sp³-hybridized carbons (Fsp3) is 0.533. The van der Waals surface area contributed by atoms with E-state index < -0.39 is 11.7 Å². The maximum absolute atomic E-state index is 12.5. The lowest BCUT2D eigenvalue weighted by Gasteiger charge is -2.14. The highest BCUT2D eigenvalue weighted by Gasteiger charge is 2.29. The smallest absolute Gasteiger partial charge is 0.396 e. The van der Waals surface area contributed by atoms with Crippen LogP contribution in [0.5, 0.6) is 0 Å². The number of nitrogens with zero attached hydrogens (tertiary/aromatic N) is 1. The molecule has 22 heavy (non-hydrogen) atoms. The molecular weight excluding hydrogens is 295 g/mol. The number of alkyl halides is 3. The van der Waals surface area contributed by atoms with Gasteiger partial charge in [-0.3, -0.25) is 0 Å². The minimum Gasteiger partial charge on any atom is -0.396 e. The van der Waals surface area contributed by atoms with Crippen LogP contribution in [-0.2, 0) is 12.7 Å². The molecule has 124 valence electrons. The SMILES string of the molecule is CCNC(=NCc1ccc(C(F)(F)F)cc1)NCC(C)CO. The third kappa shape index (κ3) is 6.34. The Morgan fingerprint density at radius 3 is 2.36 bits per heavy atom. The van der Waals surface area contributed by atoms with Crippen molar-refractivity contribution in [3.63, 3.8) is 0 Å². The summed E-state index contributed by atoms with van der Waals surface area (Å²) in [4.78, 5) is 4.31. The van der Waals surface area contributed by atoms with E-state index in [1.807, 2.05) is 13.8 Å². The Morgan fingerprint density at radius 2 is 1.86 bits per heavy atom. The molecule has 7 heteroatoms. The molecule has 0 heterocycles. The van der Waals surface area contributed by atoms with Crippen molar-refractivity contribution < 1.29 is 18.3 Å². The van der Waals surface area contributed by atoms with Gasteiger partial charge >= 0.3 is 6.18 Å². The van der Waals surface area contributed by atoms with Gasteiger partial charge in [0, 0.05) is 19.7 Å². The van der Waals surface area contributed by atoms with E-state index in [4.69, 9.17) is 5.11 Å². The molecule has 0 bridgehead atoms. The fourth-order valence-electron chi connectivity index (χ4n) is 1.65. The van der Waals surface area contributed by atoms with Gasteiger partial charge in [0.2, 0.25) is 0 Å². The second-order valence-corrected chi connectivity index (χ2v) is 5.06. The lowest BCUT2D eigenvalue weighted by atomic mass is 10.1. The Balaban J connectivity index is 2.65. The van der Waals surface area contributed by atoms with Crippen LogP contribution in [-0.4, -0.2) is 30.8 Å². The van der Waals surface area contributed by atoms with Crippen LogP contribution in [0.25, 0.3) is 0 Å². The van der Waals surface area contributed by atoms with E-state index in [0.717, 1.165) is 12.1 Å². The highest BCUT2D eigenvalue weighted by Crippen LogP contribution is 2.29. The molecule has 1 rings (SSSR count). The van der Waals surface area contributed by atoms with Crippen LogP contribution in [0.4, 0.5) is 13.2 Å². The summed E-state index contributed by atoms with van der Waals surface area (Å²) in [6.07, 6.45) is -4.32. The molecule has 0 fully saturated rings. The third-order valence-corrected chi connectivity index (χ3v) is 2.97. The molecule has 4 nitrogen and oxygen atoms in total. The second kappa shape index (κ2) is 8.63. The number of rotatable bonds is 6. The Kier molecular flexibility index (Phi) is 7.17. The summed E-state index contributed by atoms with van der Waals surface area (Å²) in [7, 11) is 0. The minimum atomic E-state index is -4.32. The maximum Gasteiger partial charge on any atom is 0.416 e. The predicted molar refractivity (Wildman–Crippen MR) is 80.5 cm³/mol.